The summed E-state index contributed by atoms with van der Waals surface area (Å²) in [5.41, 5.74) is 1.89. The van der Waals surface area contributed by atoms with E-state index in [0.717, 1.165) is 29.5 Å². The van der Waals surface area contributed by atoms with Gasteiger partial charge in [-0.1, -0.05) is 29.8 Å². The first-order valence-corrected chi connectivity index (χ1v) is 11.3. The Morgan fingerprint density at radius 1 is 1.16 bits per heavy atom. The fourth-order valence-electron chi connectivity index (χ4n) is 2.79. The Bertz CT molecular complexity index is 847. The predicted molar refractivity (Wildman–Crippen MR) is 106 cm³/mol. The first-order chi connectivity index (χ1) is 11.9. The molecule has 0 radical (unpaired) electrons. The number of benzene rings is 1. The number of nitrogens with one attached hydrogen (secondary N) is 2. The molecule has 2 aromatic rings. The summed E-state index contributed by atoms with van der Waals surface area (Å²) in [5.74, 6) is 1.00. The average molecular weight is 377 g/mol. The monoisotopic (exact) mass is 376 g/mol. The van der Waals surface area contributed by atoms with Crippen molar-refractivity contribution in [2.75, 3.05) is 24.0 Å². The summed E-state index contributed by atoms with van der Waals surface area (Å²) < 4.78 is 12.5. The highest BCUT2D eigenvalue weighted by Crippen LogP contribution is 2.38. The van der Waals surface area contributed by atoms with Gasteiger partial charge >= 0.3 is 0 Å². The third kappa shape index (κ3) is 4.62. The van der Waals surface area contributed by atoms with Crippen LogP contribution in [0.4, 0.5) is 17.5 Å². The van der Waals surface area contributed by atoms with Gasteiger partial charge in [0.05, 0.1) is 11.9 Å². The summed E-state index contributed by atoms with van der Waals surface area (Å²) in [5, 5.41) is 7.66. The minimum atomic E-state index is -2.42. The largest absolute Gasteiger partial charge is 0.338 e. The van der Waals surface area contributed by atoms with Crippen molar-refractivity contribution < 1.29 is 4.57 Å². The van der Waals surface area contributed by atoms with Crippen LogP contribution in [-0.2, 0) is 4.57 Å². The molecule has 25 heavy (non-hydrogen) atoms. The molecule has 7 heteroatoms. The normalized spacial score (nSPS) is 14.8. The zero-order chi connectivity index (χ0) is 17.9. The summed E-state index contributed by atoms with van der Waals surface area (Å²) in [7, 11) is -2.42. The molecule has 0 amide bonds. The number of aromatic nitrogens is 2. The van der Waals surface area contributed by atoms with E-state index in [9.17, 15) is 4.57 Å². The van der Waals surface area contributed by atoms with Gasteiger partial charge in [0.1, 0.15) is 12.2 Å². The third-order valence-corrected chi connectivity index (χ3v) is 5.87. The topological polar surface area (TPSA) is 66.9 Å². The van der Waals surface area contributed by atoms with Crippen molar-refractivity contribution in [2.24, 2.45) is 0 Å². The number of anilines is 3. The Morgan fingerprint density at radius 3 is 2.68 bits per heavy atom. The number of allylic oxidation sites excluding steroid dienone is 2. The third-order valence-electron chi connectivity index (χ3n) is 4.04. The molecule has 1 aromatic heterocycles. The van der Waals surface area contributed by atoms with E-state index < -0.39 is 7.14 Å². The molecule has 0 bridgehead atoms. The lowest BCUT2D eigenvalue weighted by Crippen LogP contribution is -2.11. The molecule has 0 aliphatic heterocycles. The van der Waals surface area contributed by atoms with Crippen molar-refractivity contribution >= 4 is 41.5 Å². The molecule has 3 rings (SSSR count). The fourth-order valence-corrected chi connectivity index (χ4v) is 4.08. The minimum absolute atomic E-state index is 0.417. The highest BCUT2D eigenvalue weighted by molar-refractivity contribution is 7.70. The van der Waals surface area contributed by atoms with Crippen LogP contribution in [0.25, 0.3) is 0 Å². The Labute approximate surface area is 153 Å². The van der Waals surface area contributed by atoms with E-state index in [-0.39, 0.29) is 0 Å². The lowest BCUT2D eigenvalue weighted by Gasteiger charge is -2.17. The van der Waals surface area contributed by atoms with Gasteiger partial charge in [0.2, 0.25) is 5.95 Å². The lowest BCUT2D eigenvalue weighted by atomic mass is 10.1. The maximum Gasteiger partial charge on any atom is 0.228 e. The standard InChI is InChI=1S/C18H22ClN4OP/c1-25(2,24)16-11-7-6-10-15(16)22-17-14(19)12-20-18(23-17)21-13-8-4-3-5-9-13/h6-8,10-12H,3-5,9H2,1-2H3,(H2,20,21,22,23). The number of para-hydroxylation sites is 1. The fraction of sp³-hybridized carbons (Fsp3) is 0.333. The molecule has 1 aromatic carbocycles. The minimum Gasteiger partial charge on any atom is -0.338 e. The maximum absolute atomic E-state index is 12.5. The summed E-state index contributed by atoms with van der Waals surface area (Å²) in [6.45, 7) is 3.50. The maximum atomic E-state index is 12.5. The van der Waals surface area contributed by atoms with Crippen LogP contribution in [0.5, 0.6) is 0 Å². The van der Waals surface area contributed by atoms with Gasteiger partial charge in [-0.15, -0.1) is 0 Å². The molecule has 1 heterocycles. The predicted octanol–water partition coefficient (Wildman–Crippen LogP) is 4.99. The van der Waals surface area contributed by atoms with Crippen LogP contribution >= 0.6 is 18.7 Å². The van der Waals surface area contributed by atoms with Crippen LogP contribution in [0.15, 0.2) is 42.2 Å². The molecule has 0 spiro atoms. The first kappa shape index (κ1) is 18.0. The van der Waals surface area contributed by atoms with Gasteiger partial charge in [-0.3, -0.25) is 0 Å². The molecule has 0 saturated carbocycles. The Morgan fingerprint density at radius 2 is 1.96 bits per heavy atom. The zero-order valence-electron chi connectivity index (χ0n) is 14.4. The van der Waals surface area contributed by atoms with Gasteiger partial charge in [0.25, 0.3) is 0 Å². The van der Waals surface area contributed by atoms with Crippen LogP contribution in [-0.4, -0.2) is 23.3 Å². The van der Waals surface area contributed by atoms with Gasteiger partial charge in [-0.2, -0.15) is 4.98 Å². The summed E-state index contributed by atoms with van der Waals surface area (Å²) in [6, 6.07) is 7.52. The molecular formula is C18H22ClN4OP. The van der Waals surface area contributed by atoms with Crippen molar-refractivity contribution in [3.8, 4) is 0 Å². The molecule has 0 unspecified atom stereocenters. The highest BCUT2D eigenvalue weighted by atomic mass is 35.5. The molecule has 1 aliphatic carbocycles. The van der Waals surface area contributed by atoms with Gasteiger partial charge < -0.3 is 15.2 Å². The van der Waals surface area contributed by atoms with Crippen molar-refractivity contribution in [3.63, 3.8) is 0 Å². The van der Waals surface area contributed by atoms with E-state index in [1.807, 2.05) is 24.3 Å². The quantitative estimate of drug-likeness (QED) is 0.719. The summed E-state index contributed by atoms with van der Waals surface area (Å²) >= 11 is 6.26. The molecule has 132 valence electrons. The lowest BCUT2D eigenvalue weighted by molar-refractivity contribution is 0.588. The second-order valence-electron chi connectivity index (χ2n) is 6.48. The average Bonchev–Trinajstić information content (AvgIpc) is 2.58. The van der Waals surface area contributed by atoms with Crippen LogP contribution in [0.2, 0.25) is 5.02 Å². The molecular weight excluding hydrogens is 355 g/mol. The first-order valence-electron chi connectivity index (χ1n) is 8.34. The molecule has 5 nitrogen and oxygen atoms in total. The van der Waals surface area contributed by atoms with E-state index in [1.54, 1.807) is 19.5 Å². The van der Waals surface area contributed by atoms with Gasteiger partial charge in [-0.05, 0) is 51.1 Å². The highest BCUT2D eigenvalue weighted by Gasteiger charge is 2.17. The van der Waals surface area contributed by atoms with Crippen molar-refractivity contribution in [3.05, 3.63) is 47.3 Å². The molecule has 0 atom stereocenters. The van der Waals surface area contributed by atoms with Crippen molar-refractivity contribution in [1.29, 1.82) is 0 Å². The van der Waals surface area contributed by atoms with E-state index in [0.29, 0.717) is 16.8 Å². The number of nitrogens with zero attached hydrogens (tertiary/aromatic N) is 2. The second kappa shape index (κ2) is 7.59. The number of hydrogen-bond donors (Lipinski definition) is 2. The van der Waals surface area contributed by atoms with Gasteiger partial charge in [-0.25, -0.2) is 4.98 Å². The van der Waals surface area contributed by atoms with Crippen LogP contribution < -0.4 is 15.9 Å². The summed E-state index contributed by atoms with van der Waals surface area (Å²) in [4.78, 5) is 8.75. The SMILES string of the molecule is CP(C)(=O)c1ccccc1Nc1nc(NC2=CCCCC2)ncc1Cl. The van der Waals surface area contributed by atoms with Gasteiger partial charge in [0.15, 0.2) is 5.82 Å². The second-order valence-corrected chi connectivity index (χ2v) is 10.1. The van der Waals surface area contributed by atoms with Crippen LogP contribution in [0.1, 0.15) is 25.7 Å². The number of rotatable bonds is 5. The van der Waals surface area contributed by atoms with Gasteiger partial charge in [0, 0.05) is 11.0 Å². The zero-order valence-corrected chi connectivity index (χ0v) is 16.1. The van der Waals surface area contributed by atoms with E-state index in [2.05, 4.69) is 26.7 Å². The Hall–Kier alpha value is -1.84. The molecule has 1 aliphatic rings. The number of hydrogen-bond acceptors (Lipinski definition) is 5. The molecule has 0 fully saturated rings. The van der Waals surface area contributed by atoms with Crippen molar-refractivity contribution in [1.82, 2.24) is 9.97 Å². The smallest absolute Gasteiger partial charge is 0.228 e. The summed E-state index contributed by atoms with van der Waals surface area (Å²) in [6.07, 6.45) is 8.25. The number of halogens is 1. The molecule has 0 saturated heterocycles. The van der Waals surface area contributed by atoms with Crippen molar-refractivity contribution in [2.45, 2.75) is 25.7 Å². The van der Waals surface area contributed by atoms with E-state index >= 15 is 0 Å². The Balaban J connectivity index is 1.87. The van der Waals surface area contributed by atoms with E-state index in [1.165, 1.54) is 12.8 Å². The van der Waals surface area contributed by atoms with Crippen LogP contribution in [0.3, 0.4) is 0 Å². The molecule has 2 N–H and O–H groups in total. The van der Waals surface area contributed by atoms with E-state index in [4.69, 9.17) is 11.6 Å². The Kier molecular flexibility index (Phi) is 5.45. The van der Waals surface area contributed by atoms with Crippen LogP contribution in [0, 0.1) is 0 Å².